The first kappa shape index (κ1) is 16.8. The monoisotopic (exact) mass is 316 g/mol. The summed E-state index contributed by atoms with van der Waals surface area (Å²) in [4.78, 5) is 22.2. The van der Waals surface area contributed by atoms with Crippen LogP contribution < -0.4 is 15.8 Å². The van der Waals surface area contributed by atoms with Crippen molar-refractivity contribution >= 4 is 27.4 Å². The van der Waals surface area contributed by atoms with Crippen LogP contribution in [-0.2, 0) is 14.6 Å². The Balaban J connectivity index is 3.33. The van der Waals surface area contributed by atoms with Crippen molar-refractivity contribution in [3.63, 3.8) is 0 Å². The molecule has 9 heteroatoms. The van der Waals surface area contributed by atoms with E-state index in [1.807, 2.05) is 0 Å². The van der Waals surface area contributed by atoms with Crippen molar-refractivity contribution in [1.29, 1.82) is 0 Å². The Morgan fingerprint density at radius 2 is 2.00 bits per heavy atom. The van der Waals surface area contributed by atoms with Gasteiger partial charge >= 0.3 is 5.97 Å². The minimum Gasteiger partial charge on any atom is -0.496 e. The summed E-state index contributed by atoms with van der Waals surface area (Å²) in [6.07, 6.45) is 0. The number of carbonyl (C=O) groups is 2. The van der Waals surface area contributed by atoms with Crippen LogP contribution in [0.15, 0.2) is 17.0 Å². The van der Waals surface area contributed by atoms with Crippen molar-refractivity contribution in [2.75, 3.05) is 25.1 Å². The fraction of sp³-hybridized carbons (Fsp3) is 0.333. The van der Waals surface area contributed by atoms with Crippen LogP contribution in [-0.4, -0.2) is 44.8 Å². The number of nitrogens with two attached hydrogens (primary N) is 1. The molecule has 1 amide bonds. The number of hydrogen-bond donors (Lipinski definition) is 3. The van der Waals surface area contributed by atoms with Crippen molar-refractivity contribution < 1.29 is 27.9 Å². The number of carboxylic acid groups (broad SMARTS) is 1. The molecular formula is C12H16N2O6S. The number of carbonyl (C=O) groups excluding carboxylic acids is 1. The molecule has 0 saturated carbocycles. The number of nitrogens with one attached hydrogen (secondary N) is 1. The van der Waals surface area contributed by atoms with Crippen LogP contribution in [0.3, 0.4) is 0 Å². The molecular weight excluding hydrogens is 300 g/mol. The molecule has 116 valence electrons. The summed E-state index contributed by atoms with van der Waals surface area (Å²) in [5.74, 6) is -2.11. The Kier molecular flexibility index (Phi) is 5.14. The zero-order chi connectivity index (χ0) is 16.2. The third kappa shape index (κ3) is 3.85. The summed E-state index contributed by atoms with van der Waals surface area (Å²) >= 11 is 0. The SMILES string of the molecule is CCS(=O)(=O)c1cc(C(=O)NCC(=O)O)c(OC)cc1N. The molecule has 0 unspecified atom stereocenters. The van der Waals surface area contributed by atoms with Gasteiger partial charge in [0.25, 0.3) is 5.91 Å². The number of nitrogen functional groups attached to an aromatic ring is 1. The second kappa shape index (κ2) is 6.44. The smallest absolute Gasteiger partial charge is 0.322 e. The van der Waals surface area contributed by atoms with E-state index in [0.717, 1.165) is 6.07 Å². The van der Waals surface area contributed by atoms with Gasteiger partial charge in [-0.1, -0.05) is 6.92 Å². The van der Waals surface area contributed by atoms with Gasteiger partial charge in [0, 0.05) is 6.07 Å². The number of sulfone groups is 1. The first-order valence-corrected chi connectivity index (χ1v) is 7.58. The highest BCUT2D eigenvalue weighted by Crippen LogP contribution is 2.29. The van der Waals surface area contributed by atoms with Crippen LogP contribution in [0, 0.1) is 0 Å². The number of amides is 1. The summed E-state index contributed by atoms with van der Waals surface area (Å²) in [6, 6.07) is 2.31. The quantitative estimate of drug-likeness (QED) is 0.623. The number of carboxylic acids is 1. The maximum atomic E-state index is 11.9. The molecule has 0 aliphatic carbocycles. The number of methoxy groups -OCH3 is 1. The van der Waals surface area contributed by atoms with Gasteiger partial charge in [-0.2, -0.15) is 0 Å². The topological polar surface area (TPSA) is 136 Å². The summed E-state index contributed by atoms with van der Waals surface area (Å²) in [6.45, 7) is 0.853. The van der Waals surface area contributed by atoms with E-state index in [1.165, 1.54) is 20.1 Å². The molecule has 0 heterocycles. The van der Waals surface area contributed by atoms with Crippen LogP contribution in [0.5, 0.6) is 5.75 Å². The number of rotatable bonds is 6. The van der Waals surface area contributed by atoms with Crippen molar-refractivity contribution in [2.45, 2.75) is 11.8 Å². The lowest BCUT2D eigenvalue weighted by Gasteiger charge is -2.13. The van der Waals surface area contributed by atoms with Gasteiger partial charge in [-0.05, 0) is 6.07 Å². The standard InChI is InChI=1S/C12H16N2O6S/c1-3-21(18,19)10-4-7(9(20-2)5-8(10)13)12(17)14-6-11(15)16/h4-5H,3,6,13H2,1-2H3,(H,14,17)(H,15,16). The highest BCUT2D eigenvalue weighted by molar-refractivity contribution is 7.91. The zero-order valence-electron chi connectivity index (χ0n) is 11.5. The van der Waals surface area contributed by atoms with E-state index in [1.54, 1.807) is 0 Å². The number of anilines is 1. The lowest BCUT2D eigenvalue weighted by Crippen LogP contribution is -2.29. The Hall–Kier alpha value is -2.29. The third-order valence-corrected chi connectivity index (χ3v) is 4.48. The minimum absolute atomic E-state index is 0.0384. The van der Waals surface area contributed by atoms with Crippen LogP contribution >= 0.6 is 0 Å². The summed E-state index contributed by atoms with van der Waals surface area (Å²) in [5.41, 5.74) is 5.53. The lowest BCUT2D eigenvalue weighted by molar-refractivity contribution is -0.135. The molecule has 0 fully saturated rings. The average molecular weight is 316 g/mol. The van der Waals surface area contributed by atoms with Gasteiger partial charge in [-0.3, -0.25) is 9.59 Å². The van der Waals surface area contributed by atoms with Crippen molar-refractivity contribution in [2.24, 2.45) is 0 Å². The summed E-state index contributed by atoms with van der Waals surface area (Å²) in [5, 5.41) is 10.7. The van der Waals surface area contributed by atoms with Gasteiger partial charge < -0.3 is 20.9 Å². The van der Waals surface area contributed by atoms with Gasteiger partial charge in [-0.25, -0.2) is 8.42 Å². The second-order valence-electron chi connectivity index (χ2n) is 4.07. The van der Waals surface area contributed by atoms with E-state index in [2.05, 4.69) is 5.32 Å². The highest BCUT2D eigenvalue weighted by Gasteiger charge is 2.22. The average Bonchev–Trinajstić information content (AvgIpc) is 2.43. The van der Waals surface area contributed by atoms with Gasteiger partial charge in [0.2, 0.25) is 0 Å². The van der Waals surface area contributed by atoms with Gasteiger partial charge in [0.1, 0.15) is 12.3 Å². The number of aliphatic carboxylic acids is 1. The molecule has 0 bridgehead atoms. The normalized spacial score (nSPS) is 11.0. The molecule has 0 spiro atoms. The van der Waals surface area contributed by atoms with Crippen molar-refractivity contribution in [1.82, 2.24) is 5.32 Å². The van der Waals surface area contributed by atoms with Crippen LogP contribution in [0.4, 0.5) is 5.69 Å². The number of benzene rings is 1. The molecule has 1 aromatic rings. The molecule has 0 radical (unpaired) electrons. The molecule has 0 atom stereocenters. The largest absolute Gasteiger partial charge is 0.496 e. The molecule has 4 N–H and O–H groups in total. The van der Waals surface area contributed by atoms with E-state index in [-0.39, 0.29) is 27.6 Å². The van der Waals surface area contributed by atoms with E-state index in [4.69, 9.17) is 15.6 Å². The first-order valence-electron chi connectivity index (χ1n) is 5.93. The number of ether oxygens (including phenoxy) is 1. The van der Waals surface area contributed by atoms with E-state index < -0.39 is 28.3 Å². The molecule has 21 heavy (non-hydrogen) atoms. The van der Waals surface area contributed by atoms with Crippen LogP contribution in [0.2, 0.25) is 0 Å². The van der Waals surface area contributed by atoms with Crippen LogP contribution in [0.25, 0.3) is 0 Å². The second-order valence-corrected chi connectivity index (χ2v) is 6.32. The third-order valence-electron chi connectivity index (χ3n) is 2.69. The summed E-state index contributed by atoms with van der Waals surface area (Å²) in [7, 11) is -2.33. The predicted molar refractivity (Wildman–Crippen MR) is 75.1 cm³/mol. The number of hydrogen-bond acceptors (Lipinski definition) is 6. The predicted octanol–water partition coefficient (Wildman–Crippen LogP) is -0.115. The maximum absolute atomic E-state index is 11.9. The summed E-state index contributed by atoms with van der Waals surface area (Å²) < 4.78 is 28.8. The van der Waals surface area contributed by atoms with Gasteiger partial charge in [0.15, 0.2) is 9.84 Å². The Bertz CT molecular complexity index is 669. The van der Waals surface area contributed by atoms with Crippen molar-refractivity contribution in [3.8, 4) is 5.75 Å². The van der Waals surface area contributed by atoms with Gasteiger partial charge in [0.05, 0.1) is 29.0 Å². The van der Waals surface area contributed by atoms with E-state index >= 15 is 0 Å². The highest BCUT2D eigenvalue weighted by atomic mass is 32.2. The molecule has 0 saturated heterocycles. The molecule has 0 aliphatic rings. The Labute approximate surface area is 121 Å². The molecule has 0 aliphatic heterocycles. The molecule has 1 rings (SSSR count). The minimum atomic E-state index is -3.62. The molecule has 8 nitrogen and oxygen atoms in total. The lowest BCUT2D eigenvalue weighted by atomic mass is 10.1. The Morgan fingerprint density at radius 1 is 1.38 bits per heavy atom. The fourth-order valence-electron chi connectivity index (χ4n) is 1.60. The Morgan fingerprint density at radius 3 is 2.48 bits per heavy atom. The molecule has 1 aromatic carbocycles. The van der Waals surface area contributed by atoms with Crippen molar-refractivity contribution in [3.05, 3.63) is 17.7 Å². The first-order chi connectivity index (χ1) is 9.72. The van der Waals surface area contributed by atoms with Crippen LogP contribution in [0.1, 0.15) is 17.3 Å². The molecule has 0 aromatic heterocycles. The fourth-order valence-corrected chi connectivity index (χ4v) is 2.62. The van der Waals surface area contributed by atoms with E-state index in [0.29, 0.717) is 0 Å². The van der Waals surface area contributed by atoms with E-state index in [9.17, 15) is 18.0 Å². The maximum Gasteiger partial charge on any atom is 0.322 e. The van der Waals surface area contributed by atoms with Gasteiger partial charge in [-0.15, -0.1) is 0 Å². The zero-order valence-corrected chi connectivity index (χ0v) is 12.4.